The lowest BCUT2D eigenvalue weighted by molar-refractivity contribution is -0.416. The summed E-state index contributed by atoms with van der Waals surface area (Å²) in [6.45, 7) is 11.2. The summed E-state index contributed by atoms with van der Waals surface area (Å²) >= 11 is 6.32. The molecule has 3 aliphatic heterocycles. The van der Waals surface area contributed by atoms with Gasteiger partial charge in [-0.1, -0.05) is 84.4 Å². The molecule has 3 saturated heterocycles. The maximum atomic E-state index is 7.03. The molecule has 188 valence electrons. The van der Waals surface area contributed by atoms with Crippen molar-refractivity contribution < 1.29 is 14.3 Å². The van der Waals surface area contributed by atoms with Gasteiger partial charge in [0.15, 0.2) is 11.2 Å². The van der Waals surface area contributed by atoms with Crippen LogP contribution in [0.4, 0.5) is 0 Å². The first-order chi connectivity index (χ1) is 17.0. The quantitative estimate of drug-likeness (QED) is 0.422. The zero-order valence-corrected chi connectivity index (χ0v) is 22.2. The minimum Gasteiger partial charge on any atom is -0.348 e. The highest BCUT2D eigenvalue weighted by Gasteiger charge is 2.87. The van der Waals surface area contributed by atoms with E-state index in [-0.39, 0.29) is 11.6 Å². The summed E-state index contributed by atoms with van der Waals surface area (Å²) in [5, 5.41) is 6.45. The molecule has 3 aromatic rings. The number of nitrogens with zero attached hydrogens (tertiary/aromatic N) is 1. The molecule has 1 spiro atoms. The van der Waals surface area contributed by atoms with Crippen molar-refractivity contribution in [3.63, 3.8) is 0 Å². The lowest BCUT2D eigenvalue weighted by atomic mass is 9.74. The van der Waals surface area contributed by atoms with Crippen molar-refractivity contribution >= 4 is 11.6 Å². The van der Waals surface area contributed by atoms with Crippen LogP contribution in [-0.2, 0) is 25.5 Å². The standard InChI is InChI=1S/C30H33ClN2O3/c1-26(2)20-34-30(32-26)28(5)29(35-28,23-14-10-7-11-15-23)25(21-16-18-24(31)19-17-21)33(36-30)27(3,4)22-12-8-6-9-13-22/h6-19,25,32H,20H2,1-5H3/t25-,28-,29-,30+/m0/s1. The maximum absolute atomic E-state index is 7.03. The molecule has 0 aliphatic carbocycles. The van der Waals surface area contributed by atoms with Gasteiger partial charge in [0.25, 0.3) is 5.91 Å². The molecule has 5 nitrogen and oxygen atoms in total. The summed E-state index contributed by atoms with van der Waals surface area (Å²) in [6, 6.07) is 28.6. The monoisotopic (exact) mass is 504 g/mol. The summed E-state index contributed by atoms with van der Waals surface area (Å²) in [4.78, 5) is 7.03. The van der Waals surface area contributed by atoms with Crippen molar-refractivity contribution in [3.8, 4) is 0 Å². The Morgan fingerprint density at radius 3 is 2.08 bits per heavy atom. The molecule has 0 amide bonds. The summed E-state index contributed by atoms with van der Waals surface area (Å²) in [5.41, 5.74) is 0.923. The number of fused-ring (bicyclic) bond motifs is 2. The minimum atomic E-state index is -1.17. The number of nitrogens with one attached hydrogen (secondary N) is 1. The molecule has 3 aromatic carbocycles. The van der Waals surface area contributed by atoms with Gasteiger partial charge >= 0.3 is 0 Å². The highest BCUT2D eigenvalue weighted by molar-refractivity contribution is 6.30. The highest BCUT2D eigenvalue weighted by Crippen LogP contribution is 2.73. The molecule has 36 heavy (non-hydrogen) atoms. The molecule has 1 N–H and O–H groups in total. The molecule has 0 saturated carbocycles. The number of epoxide rings is 1. The SMILES string of the molecule is CC1(C)CO[C@@]2(N1)ON(C(C)(C)c1ccccc1)[C@@H](c1ccc(Cl)cc1)[C@]1(c3ccccc3)O[C@]21C. The first-order valence-corrected chi connectivity index (χ1v) is 12.9. The highest BCUT2D eigenvalue weighted by atomic mass is 35.5. The Labute approximate surface area is 218 Å². The van der Waals surface area contributed by atoms with Gasteiger partial charge in [-0.3, -0.25) is 5.32 Å². The second-order valence-electron chi connectivity index (χ2n) is 11.4. The predicted octanol–water partition coefficient (Wildman–Crippen LogP) is 6.30. The summed E-state index contributed by atoms with van der Waals surface area (Å²) in [5.74, 6) is -1.17. The predicted molar refractivity (Wildman–Crippen MR) is 140 cm³/mol. The average molecular weight is 505 g/mol. The Kier molecular flexibility index (Phi) is 5.27. The van der Waals surface area contributed by atoms with E-state index in [1.54, 1.807) is 0 Å². The molecular weight excluding hydrogens is 472 g/mol. The van der Waals surface area contributed by atoms with E-state index in [2.05, 4.69) is 106 Å². The van der Waals surface area contributed by atoms with Gasteiger partial charge in [-0.25, -0.2) is 4.84 Å². The lowest BCUT2D eigenvalue weighted by Crippen LogP contribution is -2.69. The molecule has 3 heterocycles. The van der Waals surface area contributed by atoms with E-state index in [0.717, 1.165) is 16.7 Å². The number of halogens is 1. The van der Waals surface area contributed by atoms with Crippen LogP contribution < -0.4 is 5.32 Å². The fourth-order valence-electron chi connectivity index (χ4n) is 6.08. The number of hydrogen-bond donors (Lipinski definition) is 1. The van der Waals surface area contributed by atoms with Crippen LogP contribution in [0.1, 0.15) is 57.4 Å². The third-order valence-electron chi connectivity index (χ3n) is 8.07. The van der Waals surface area contributed by atoms with E-state index in [1.165, 1.54) is 0 Å². The van der Waals surface area contributed by atoms with E-state index in [4.69, 9.17) is 25.9 Å². The number of benzene rings is 3. The fourth-order valence-corrected chi connectivity index (χ4v) is 6.20. The van der Waals surface area contributed by atoms with Crippen LogP contribution in [0, 0.1) is 0 Å². The number of hydroxylamine groups is 2. The van der Waals surface area contributed by atoms with Gasteiger partial charge in [0.05, 0.1) is 18.2 Å². The zero-order chi connectivity index (χ0) is 25.4. The first-order valence-electron chi connectivity index (χ1n) is 12.5. The zero-order valence-electron chi connectivity index (χ0n) is 21.4. The fraction of sp³-hybridized carbons (Fsp3) is 0.400. The maximum Gasteiger partial charge on any atom is 0.279 e. The third-order valence-corrected chi connectivity index (χ3v) is 8.32. The molecule has 0 bridgehead atoms. The van der Waals surface area contributed by atoms with Crippen LogP contribution in [0.3, 0.4) is 0 Å². The molecule has 0 radical (unpaired) electrons. The molecule has 0 aromatic heterocycles. The van der Waals surface area contributed by atoms with Gasteiger partial charge in [0, 0.05) is 10.6 Å². The van der Waals surface area contributed by atoms with Crippen LogP contribution in [0.25, 0.3) is 0 Å². The van der Waals surface area contributed by atoms with Crippen LogP contribution in [0.2, 0.25) is 5.02 Å². The second-order valence-corrected chi connectivity index (χ2v) is 11.9. The largest absolute Gasteiger partial charge is 0.348 e. The van der Waals surface area contributed by atoms with Crippen molar-refractivity contribution in [2.45, 2.75) is 68.9 Å². The molecular formula is C30H33ClN2O3. The summed E-state index contributed by atoms with van der Waals surface area (Å²) in [7, 11) is 0. The average Bonchev–Trinajstić information content (AvgIpc) is 3.41. The van der Waals surface area contributed by atoms with Crippen molar-refractivity contribution in [3.05, 3.63) is 107 Å². The van der Waals surface area contributed by atoms with Crippen molar-refractivity contribution in [2.75, 3.05) is 6.61 Å². The Morgan fingerprint density at radius 2 is 1.50 bits per heavy atom. The molecule has 6 heteroatoms. The Balaban J connectivity index is 1.60. The molecule has 0 unspecified atom stereocenters. The number of rotatable bonds is 4. The van der Waals surface area contributed by atoms with Crippen LogP contribution >= 0.6 is 11.6 Å². The van der Waals surface area contributed by atoms with E-state index in [0.29, 0.717) is 11.6 Å². The van der Waals surface area contributed by atoms with Crippen LogP contribution in [0.15, 0.2) is 84.9 Å². The number of ether oxygens (including phenoxy) is 2. The lowest BCUT2D eigenvalue weighted by Gasteiger charge is -2.53. The third kappa shape index (κ3) is 3.27. The Bertz CT molecular complexity index is 1270. The normalized spacial score (nSPS) is 33.4. The van der Waals surface area contributed by atoms with Gasteiger partial charge in [0.1, 0.15) is 0 Å². The minimum absolute atomic E-state index is 0.280. The van der Waals surface area contributed by atoms with Gasteiger partial charge in [-0.05, 0) is 63.4 Å². The first kappa shape index (κ1) is 24.1. The van der Waals surface area contributed by atoms with E-state index in [1.807, 2.05) is 24.3 Å². The Morgan fingerprint density at radius 1 is 0.889 bits per heavy atom. The topological polar surface area (TPSA) is 46.3 Å². The van der Waals surface area contributed by atoms with Gasteiger partial charge < -0.3 is 9.47 Å². The van der Waals surface area contributed by atoms with Crippen molar-refractivity contribution in [1.29, 1.82) is 0 Å². The molecule has 4 atom stereocenters. The van der Waals surface area contributed by atoms with E-state index in [9.17, 15) is 0 Å². The van der Waals surface area contributed by atoms with Crippen molar-refractivity contribution in [1.82, 2.24) is 10.4 Å². The molecule has 3 fully saturated rings. The summed E-state index contributed by atoms with van der Waals surface area (Å²) < 4.78 is 13.5. The van der Waals surface area contributed by atoms with E-state index >= 15 is 0 Å². The summed E-state index contributed by atoms with van der Waals surface area (Å²) in [6.07, 6.45) is 0. The van der Waals surface area contributed by atoms with Gasteiger partial charge in [-0.15, -0.1) is 0 Å². The second kappa shape index (κ2) is 7.87. The van der Waals surface area contributed by atoms with Crippen LogP contribution in [-0.4, -0.2) is 28.7 Å². The molecule has 3 aliphatic rings. The van der Waals surface area contributed by atoms with Crippen LogP contribution in [0.5, 0.6) is 0 Å². The molecule has 6 rings (SSSR count). The van der Waals surface area contributed by atoms with E-state index < -0.39 is 22.7 Å². The van der Waals surface area contributed by atoms with Gasteiger partial charge in [-0.2, -0.15) is 5.06 Å². The van der Waals surface area contributed by atoms with Crippen molar-refractivity contribution in [2.24, 2.45) is 0 Å². The smallest absolute Gasteiger partial charge is 0.279 e. The number of hydrogen-bond acceptors (Lipinski definition) is 5. The van der Waals surface area contributed by atoms with Gasteiger partial charge in [0.2, 0.25) is 0 Å². The Hall–Kier alpha value is -2.25.